The van der Waals surface area contributed by atoms with Gasteiger partial charge in [0.05, 0.1) is 0 Å². The number of halogens is 1. The first-order valence-corrected chi connectivity index (χ1v) is 8.32. The van der Waals surface area contributed by atoms with Gasteiger partial charge in [0.2, 0.25) is 5.91 Å². The lowest BCUT2D eigenvalue weighted by atomic mass is 9.87. The Kier molecular flexibility index (Phi) is 4.67. The molecule has 0 aliphatic carbocycles. The van der Waals surface area contributed by atoms with Crippen LogP contribution in [0.4, 0.5) is 4.39 Å². The fourth-order valence-corrected chi connectivity index (χ4v) is 3.49. The van der Waals surface area contributed by atoms with Crippen molar-refractivity contribution >= 4 is 5.91 Å². The molecule has 1 saturated heterocycles. The number of carbonyl (C=O) groups excluding carboxylic acids is 1. The van der Waals surface area contributed by atoms with Crippen LogP contribution in [0.25, 0.3) is 11.1 Å². The van der Waals surface area contributed by atoms with E-state index in [1.54, 1.807) is 31.1 Å². The largest absolute Gasteiger partial charge is 0.347 e. The molecule has 2 aromatic rings. The second-order valence-corrected chi connectivity index (χ2v) is 6.67. The number of hydrogen-bond donors (Lipinski definition) is 1. The number of likely N-dealkylation sites (N-methyl/N-ethyl adjacent to an activating group) is 1. The maximum atomic E-state index is 13.9. The number of nitrogens with one attached hydrogen (secondary N) is 1. The third-order valence-electron chi connectivity index (χ3n) is 4.70. The van der Waals surface area contributed by atoms with Gasteiger partial charge in [-0.05, 0) is 43.0 Å². The molecule has 0 bridgehead atoms. The van der Waals surface area contributed by atoms with Crippen molar-refractivity contribution in [2.24, 2.45) is 0 Å². The van der Waals surface area contributed by atoms with Crippen LogP contribution in [0, 0.1) is 5.82 Å². The summed E-state index contributed by atoms with van der Waals surface area (Å²) in [5.74, 6) is -0.0971. The molecule has 4 heteroatoms. The molecule has 1 N–H and O–H groups in total. The van der Waals surface area contributed by atoms with Crippen molar-refractivity contribution in [3.05, 3.63) is 59.9 Å². The SMILES string of the molecule is CN(C)C(=O)C1(Cc2ccc(-c3ccccc3F)cc2)CCCN1. The molecule has 1 aliphatic rings. The van der Waals surface area contributed by atoms with Crippen LogP contribution < -0.4 is 5.32 Å². The second kappa shape index (κ2) is 6.73. The van der Waals surface area contributed by atoms with Gasteiger partial charge in [-0.2, -0.15) is 0 Å². The van der Waals surface area contributed by atoms with Gasteiger partial charge < -0.3 is 10.2 Å². The third kappa shape index (κ3) is 3.20. The van der Waals surface area contributed by atoms with Crippen LogP contribution in [0.5, 0.6) is 0 Å². The van der Waals surface area contributed by atoms with Crippen LogP contribution >= 0.6 is 0 Å². The molecule has 24 heavy (non-hydrogen) atoms. The van der Waals surface area contributed by atoms with E-state index in [9.17, 15) is 9.18 Å². The van der Waals surface area contributed by atoms with Crippen LogP contribution in [-0.2, 0) is 11.2 Å². The maximum Gasteiger partial charge on any atom is 0.242 e. The zero-order chi connectivity index (χ0) is 17.2. The summed E-state index contributed by atoms with van der Waals surface area (Å²) in [7, 11) is 3.59. The highest BCUT2D eigenvalue weighted by Gasteiger charge is 2.41. The van der Waals surface area contributed by atoms with Gasteiger partial charge in [-0.15, -0.1) is 0 Å². The number of benzene rings is 2. The molecule has 0 radical (unpaired) electrons. The van der Waals surface area contributed by atoms with Crippen molar-refractivity contribution in [2.45, 2.75) is 24.8 Å². The predicted octanol–water partition coefficient (Wildman–Crippen LogP) is 3.25. The molecule has 0 aromatic heterocycles. The molecule has 1 amide bonds. The summed E-state index contributed by atoms with van der Waals surface area (Å²) in [5.41, 5.74) is 2.02. The molecule has 0 spiro atoms. The smallest absolute Gasteiger partial charge is 0.242 e. The van der Waals surface area contributed by atoms with Crippen molar-refractivity contribution in [1.29, 1.82) is 0 Å². The van der Waals surface area contributed by atoms with Crippen molar-refractivity contribution in [3.8, 4) is 11.1 Å². The van der Waals surface area contributed by atoms with Crippen molar-refractivity contribution < 1.29 is 9.18 Å². The summed E-state index contributed by atoms with van der Waals surface area (Å²) in [6.45, 7) is 0.868. The molecule has 3 nitrogen and oxygen atoms in total. The van der Waals surface area contributed by atoms with E-state index in [2.05, 4.69) is 5.32 Å². The minimum atomic E-state index is -0.511. The van der Waals surface area contributed by atoms with E-state index in [-0.39, 0.29) is 11.7 Å². The summed E-state index contributed by atoms with van der Waals surface area (Å²) < 4.78 is 13.9. The summed E-state index contributed by atoms with van der Waals surface area (Å²) in [4.78, 5) is 14.3. The Bertz CT molecular complexity index is 719. The van der Waals surface area contributed by atoms with Crippen LogP contribution in [0.2, 0.25) is 0 Å². The Morgan fingerprint density at radius 3 is 2.46 bits per heavy atom. The van der Waals surface area contributed by atoms with Crippen molar-refractivity contribution in [2.75, 3.05) is 20.6 Å². The van der Waals surface area contributed by atoms with Gasteiger partial charge >= 0.3 is 0 Å². The zero-order valence-corrected chi connectivity index (χ0v) is 14.2. The maximum absolute atomic E-state index is 13.9. The Labute approximate surface area is 142 Å². The minimum Gasteiger partial charge on any atom is -0.347 e. The highest BCUT2D eigenvalue weighted by atomic mass is 19.1. The van der Waals surface area contributed by atoms with E-state index in [0.717, 1.165) is 30.5 Å². The Morgan fingerprint density at radius 1 is 1.17 bits per heavy atom. The molecule has 3 rings (SSSR count). The molecular weight excluding hydrogens is 303 g/mol. The van der Waals surface area contributed by atoms with Gasteiger partial charge in [0.25, 0.3) is 0 Å². The fourth-order valence-electron chi connectivity index (χ4n) is 3.49. The van der Waals surface area contributed by atoms with Crippen LogP contribution in [0.15, 0.2) is 48.5 Å². The lowest BCUT2D eigenvalue weighted by Crippen LogP contribution is -2.54. The average Bonchev–Trinajstić information content (AvgIpc) is 3.05. The summed E-state index contributed by atoms with van der Waals surface area (Å²) >= 11 is 0. The molecule has 126 valence electrons. The van der Waals surface area contributed by atoms with E-state index in [4.69, 9.17) is 0 Å². The van der Waals surface area contributed by atoms with Crippen molar-refractivity contribution in [3.63, 3.8) is 0 Å². The highest BCUT2D eigenvalue weighted by Crippen LogP contribution is 2.28. The van der Waals surface area contributed by atoms with Gasteiger partial charge in [-0.25, -0.2) is 4.39 Å². The topological polar surface area (TPSA) is 32.3 Å². The van der Waals surface area contributed by atoms with E-state index in [0.29, 0.717) is 12.0 Å². The average molecular weight is 326 g/mol. The first-order chi connectivity index (χ1) is 11.5. The molecule has 1 atom stereocenters. The normalized spacial score (nSPS) is 20.1. The summed E-state index contributed by atoms with van der Waals surface area (Å²) in [6, 6.07) is 14.6. The molecule has 0 saturated carbocycles. The quantitative estimate of drug-likeness (QED) is 0.935. The van der Waals surface area contributed by atoms with Crippen molar-refractivity contribution in [1.82, 2.24) is 10.2 Å². The lowest BCUT2D eigenvalue weighted by Gasteiger charge is -2.31. The Morgan fingerprint density at radius 2 is 1.88 bits per heavy atom. The van der Waals surface area contributed by atoms with Gasteiger partial charge in [-0.3, -0.25) is 4.79 Å². The molecule has 1 heterocycles. The Balaban J connectivity index is 1.83. The third-order valence-corrected chi connectivity index (χ3v) is 4.70. The number of hydrogen-bond acceptors (Lipinski definition) is 2. The number of carbonyl (C=O) groups is 1. The van der Waals surface area contributed by atoms with Gasteiger partial charge in [0, 0.05) is 19.7 Å². The van der Waals surface area contributed by atoms with Gasteiger partial charge in [-0.1, -0.05) is 42.5 Å². The first-order valence-electron chi connectivity index (χ1n) is 8.32. The molecule has 2 aromatic carbocycles. The van der Waals surface area contributed by atoms with Crippen LogP contribution in [0.3, 0.4) is 0 Å². The predicted molar refractivity (Wildman–Crippen MR) is 94.2 cm³/mol. The molecular formula is C20H23FN2O. The Hall–Kier alpha value is -2.20. The first kappa shape index (κ1) is 16.7. The fraction of sp³-hybridized carbons (Fsp3) is 0.350. The minimum absolute atomic E-state index is 0.123. The monoisotopic (exact) mass is 326 g/mol. The standard InChI is InChI=1S/C20H23FN2O/c1-23(2)19(24)20(12-5-13-22-20)14-15-8-10-16(11-9-15)17-6-3-4-7-18(17)21/h3-4,6-11,22H,5,12-14H2,1-2H3. The van der Waals surface area contributed by atoms with E-state index in [1.165, 1.54) is 6.07 Å². The van der Waals surface area contributed by atoms with Crippen LogP contribution in [-0.4, -0.2) is 37.0 Å². The zero-order valence-electron chi connectivity index (χ0n) is 14.2. The number of nitrogens with zero attached hydrogens (tertiary/aromatic N) is 1. The lowest BCUT2D eigenvalue weighted by molar-refractivity contribution is -0.135. The molecule has 1 unspecified atom stereocenters. The number of rotatable bonds is 4. The van der Waals surface area contributed by atoms with E-state index < -0.39 is 5.54 Å². The van der Waals surface area contributed by atoms with E-state index >= 15 is 0 Å². The summed E-state index contributed by atoms with van der Waals surface area (Å²) in [6.07, 6.45) is 2.51. The number of amides is 1. The van der Waals surface area contributed by atoms with Gasteiger partial charge in [0.15, 0.2) is 0 Å². The summed E-state index contributed by atoms with van der Waals surface area (Å²) in [5, 5.41) is 3.40. The van der Waals surface area contributed by atoms with Gasteiger partial charge in [0.1, 0.15) is 11.4 Å². The molecule has 1 aliphatic heterocycles. The van der Waals surface area contributed by atoms with Crippen LogP contribution in [0.1, 0.15) is 18.4 Å². The molecule has 1 fully saturated rings. The van der Waals surface area contributed by atoms with E-state index in [1.807, 2.05) is 30.3 Å². The highest BCUT2D eigenvalue weighted by molar-refractivity contribution is 5.86. The second-order valence-electron chi connectivity index (χ2n) is 6.67.